The Kier molecular flexibility index (Phi) is 4.41. The van der Waals surface area contributed by atoms with Gasteiger partial charge in [-0.3, -0.25) is 4.90 Å². The van der Waals surface area contributed by atoms with Gasteiger partial charge < -0.3 is 14.8 Å². The number of amides is 2. The van der Waals surface area contributed by atoms with Crippen molar-refractivity contribution in [2.75, 3.05) is 25.7 Å². The highest BCUT2D eigenvalue weighted by atomic mass is 16.5. The normalized spacial score (nSPS) is 18.0. The van der Waals surface area contributed by atoms with Crippen LogP contribution in [0.3, 0.4) is 0 Å². The van der Waals surface area contributed by atoms with E-state index in [1.165, 1.54) is 12.8 Å². The number of fused-ring (bicyclic) bond motifs is 1. The molecule has 0 saturated heterocycles. The topological polar surface area (TPSA) is 50.8 Å². The molecular weight excluding hydrogens is 280 g/mol. The Morgan fingerprint density at radius 1 is 1.18 bits per heavy atom. The molecule has 0 spiro atoms. The monoisotopic (exact) mass is 304 g/mol. The molecule has 1 aliphatic carbocycles. The second kappa shape index (κ2) is 6.46. The van der Waals surface area contributed by atoms with E-state index < -0.39 is 0 Å². The van der Waals surface area contributed by atoms with E-state index in [-0.39, 0.29) is 6.03 Å². The van der Waals surface area contributed by atoms with Crippen molar-refractivity contribution in [2.24, 2.45) is 0 Å². The fourth-order valence-electron chi connectivity index (χ4n) is 3.47. The zero-order valence-electron chi connectivity index (χ0n) is 13.4. The Morgan fingerprint density at radius 2 is 1.95 bits per heavy atom. The SMILES string of the molecule is COc1cc(OC)c2c(c1)N(C(=O)NC1CCCC1)CCC2. The first kappa shape index (κ1) is 15.0. The minimum Gasteiger partial charge on any atom is -0.497 e. The minimum absolute atomic E-state index is 0.00292. The maximum atomic E-state index is 12.6. The van der Waals surface area contributed by atoms with Crippen molar-refractivity contribution in [1.82, 2.24) is 5.32 Å². The Hall–Kier alpha value is -1.91. The van der Waals surface area contributed by atoms with Crippen LogP contribution < -0.4 is 19.7 Å². The molecule has 22 heavy (non-hydrogen) atoms. The summed E-state index contributed by atoms with van der Waals surface area (Å²) in [5.74, 6) is 1.52. The third kappa shape index (κ3) is 2.85. The molecule has 1 heterocycles. The molecule has 0 radical (unpaired) electrons. The van der Waals surface area contributed by atoms with Crippen molar-refractivity contribution in [3.8, 4) is 11.5 Å². The smallest absolute Gasteiger partial charge is 0.322 e. The van der Waals surface area contributed by atoms with Crippen LogP contribution >= 0.6 is 0 Å². The molecule has 1 fully saturated rings. The largest absolute Gasteiger partial charge is 0.497 e. The first-order chi connectivity index (χ1) is 10.7. The van der Waals surface area contributed by atoms with Gasteiger partial charge in [-0.2, -0.15) is 0 Å². The molecule has 0 bridgehead atoms. The number of benzene rings is 1. The summed E-state index contributed by atoms with van der Waals surface area (Å²) in [4.78, 5) is 14.5. The van der Waals surface area contributed by atoms with Crippen molar-refractivity contribution in [1.29, 1.82) is 0 Å². The molecular formula is C17H24N2O3. The van der Waals surface area contributed by atoms with Crippen molar-refractivity contribution in [3.63, 3.8) is 0 Å². The zero-order chi connectivity index (χ0) is 15.5. The number of nitrogens with zero attached hydrogens (tertiary/aromatic N) is 1. The summed E-state index contributed by atoms with van der Waals surface area (Å²) in [6, 6.07) is 4.15. The molecule has 0 unspecified atom stereocenters. The van der Waals surface area contributed by atoms with Crippen LogP contribution in [0.15, 0.2) is 12.1 Å². The number of hydrogen-bond acceptors (Lipinski definition) is 3. The molecule has 1 saturated carbocycles. The number of methoxy groups -OCH3 is 2. The van der Waals surface area contributed by atoms with Gasteiger partial charge in [-0.25, -0.2) is 4.79 Å². The average molecular weight is 304 g/mol. The Labute approximate surface area is 131 Å². The summed E-state index contributed by atoms with van der Waals surface area (Å²) in [5.41, 5.74) is 2.01. The van der Waals surface area contributed by atoms with Gasteiger partial charge in [0.1, 0.15) is 11.5 Å². The molecule has 3 rings (SSSR count). The van der Waals surface area contributed by atoms with Gasteiger partial charge in [0.2, 0.25) is 0 Å². The molecule has 1 N–H and O–H groups in total. The molecule has 5 nitrogen and oxygen atoms in total. The number of rotatable bonds is 3. The third-order valence-electron chi connectivity index (χ3n) is 4.64. The van der Waals surface area contributed by atoms with Gasteiger partial charge >= 0.3 is 6.03 Å². The highest BCUT2D eigenvalue weighted by molar-refractivity contribution is 5.94. The number of ether oxygens (including phenoxy) is 2. The molecule has 1 aromatic carbocycles. The van der Waals surface area contributed by atoms with Gasteiger partial charge in [0, 0.05) is 30.3 Å². The maximum absolute atomic E-state index is 12.6. The first-order valence-corrected chi connectivity index (χ1v) is 8.06. The number of anilines is 1. The number of carbonyl (C=O) groups excluding carboxylic acids is 1. The lowest BCUT2D eigenvalue weighted by Gasteiger charge is -2.32. The van der Waals surface area contributed by atoms with Gasteiger partial charge in [-0.15, -0.1) is 0 Å². The van der Waals surface area contributed by atoms with E-state index in [4.69, 9.17) is 9.47 Å². The number of urea groups is 1. The predicted octanol–water partition coefficient (Wildman–Crippen LogP) is 3.11. The first-order valence-electron chi connectivity index (χ1n) is 8.06. The van der Waals surface area contributed by atoms with Crippen LogP contribution in [-0.4, -0.2) is 32.8 Å². The fourth-order valence-corrected chi connectivity index (χ4v) is 3.47. The molecule has 120 valence electrons. The summed E-state index contributed by atoms with van der Waals surface area (Å²) in [5, 5.41) is 3.17. The summed E-state index contributed by atoms with van der Waals surface area (Å²) >= 11 is 0. The quantitative estimate of drug-likeness (QED) is 0.933. The molecule has 1 aliphatic heterocycles. The average Bonchev–Trinajstić information content (AvgIpc) is 3.05. The van der Waals surface area contributed by atoms with E-state index in [9.17, 15) is 4.79 Å². The van der Waals surface area contributed by atoms with Crippen molar-refractivity contribution >= 4 is 11.7 Å². The lowest BCUT2D eigenvalue weighted by molar-refractivity contribution is 0.242. The van der Waals surface area contributed by atoms with Crippen LogP contribution in [0, 0.1) is 0 Å². The molecule has 5 heteroatoms. The van der Waals surface area contributed by atoms with Crippen molar-refractivity contribution < 1.29 is 14.3 Å². The molecule has 0 aromatic heterocycles. The fraction of sp³-hybridized carbons (Fsp3) is 0.588. The van der Waals surface area contributed by atoms with E-state index in [2.05, 4.69) is 5.32 Å². The predicted molar refractivity (Wildman–Crippen MR) is 86.0 cm³/mol. The second-order valence-corrected chi connectivity index (χ2v) is 6.01. The maximum Gasteiger partial charge on any atom is 0.322 e. The van der Waals surface area contributed by atoms with Crippen molar-refractivity contribution in [3.05, 3.63) is 17.7 Å². The zero-order valence-corrected chi connectivity index (χ0v) is 13.4. The van der Waals surface area contributed by atoms with E-state index in [1.54, 1.807) is 14.2 Å². The summed E-state index contributed by atoms with van der Waals surface area (Å²) < 4.78 is 10.8. The second-order valence-electron chi connectivity index (χ2n) is 6.01. The molecule has 1 aromatic rings. The van der Waals surface area contributed by atoms with Crippen molar-refractivity contribution in [2.45, 2.75) is 44.6 Å². The van der Waals surface area contributed by atoms with E-state index in [1.807, 2.05) is 17.0 Å². The van der Waals surface area contributed by atoms with Gasteiger partial charge in [0.15, 0.2) is 0 Å². The summed E-state index contributed by atoms with van der Waals surface area (Å²) in [6.45, 7) is 0.738. The van der Waals surface area contributed by atoms with Gasteiger partial charge in [0.05, 0.1) is 19.9 Å². The molecule has 2 amide bonds. The lowest BCUT2D eigenvalue weighted by Crippen LogP contribution is -2.46. The third-order valence-corrected chi connectivity index (χ3v) is 4.64. The van der Waals surface area contributed by atoms with Gasteiger partial charge in [-0.05, 0) is 25.7 Å². The number of nitrogens with one attached hydrogen (secondary N) is 1. The van der Waals surface area contributed by atoms with Crippen LogP contribution in [0.4, 0.5) is 10.5 Å². The summed E-state index contributed by atoms with van der Waals surface area (Å²) in [6.07, 6.45) is 6.48. The lowest BCUT2D eigenvalue weighted by atomic mass is 10.0. The number of carbonyl (C=O) groups is 1. The summed E-state index contributed by atoms with van der Waals surface area (Å²) in [7, 11) is 3.29. The van der Waals surface area contributed by atoms with Crippen LogP contribution in [0.2, 0.25) is 0 Å². The Balaban J connectivity index is 1.87. The molecule has 2 aliphatic rings. The van der Waals surface area contributed by atoms with E-state index in [0.717, 1.165) is 55.0 Å². The van der Waals surface area contributed by atoms with Crippen LogP contribution in [0.25, 0.3) is 0 Å². The van der Waals surface area contributed by atoms with Crippen LogP contribution in [-0.2, 0) is 6.42 Å². The number of hydrogen-bond donors (Lipinski definition) is 1. The minimum atomic E-state index is 0.00292. The Morgan fingerprint density at radius 3 is 2.64 bits per heavy atom. The van der Waals surface area contributed by atoms with Gasteiger partial charge in [-0.1, -0.05) is 12.8 Å². The van der Waals surface area contributed by atoms with Gasteiger partial charge in [0.25, 0.3) is 0 Å². The van der Waals surface area contributed by atoms with E-state index >= 15 is 0 Å². The standard InChI is InChI=1S/C17H24N2O3/c1-21-13-10-15-14(16(11-13)22-2)8-5-9-19(15)17(20)18-12-6-3-4-7-12/h10-12H,3-9H2,1-2H3,(H,18,20). The Bertz CT molecular complexity index is 553. The van der Waals surface area contributed by atoms with Crippen LogP contribution in [0.1, 0.15) is 37.7 Å². The molecule has 0 atom stereocenters. The van der Waals surface area contributed by atoms with Crippen LogP contribution in [0.5, 0.6) is 11.5 Å². The highest BCUT2D eigenvalue weighted by Crippen LogP contribution is 2.38. The van der Waals surface area contributed by atoms with E-state index in [0.29, 0.717) is 6.04 Å². The highest BCUT2D eigenvalue weighted by Gasteiger charge is 2.28.